The minimum Gasteiger partial charge on any atom is -0.370 e. The number of ether oxygens (including phenoxy) is 1. The fourth-order valence-electron chi connectivity index (χ4n) is 4.48. The highest BCUT2D eigenvalue weighted by atomic mass is 19.4. The van der Waals surface area contributed by atoms with Gasteiger partial charge in [-0.2, -0.15) is 18.2 Å². The van der Waals surface area contributed by atoms with Crippen LogP contribution < -0.4 is 4.90 Å². The molecule has 0 N–H and O–H groups in total. The normalized spacial score (nSPS) is 23.9. The van der Waals surface area contributed by atoms with Crippen molar-refractivity contribution < 1.29 is 17.9 Å². The van der Waals surface area contributed by atoms with Crippen LogP contribution in [0.5, 0.6) is 0 Å². The number of hydrogen-bond acceptors (Lipinski definition) is 6. The van der Waals surface area contributed by atoms with Crippen LogP contribution in [0, 0.1) is 19.8 Å². The molecule has 1 saturated heterocycles. The maximum atomic E-state index is 13.1. The molecule has 0 aromatic carbocycles. The van der Waals surface area contributed by atoms with Crippen molar-refractivity contribution in [3.8, 4) is 0 Å². The summed E-state index contributed by atoms with van der Waals surface area (Å²) in [5.74, 6) is -1.00. The van der Waals surface area contributed by atoms with Gasteiger partial charge in [-0.25, -0.2) is 9.97 Å². The molecule has 0 bridgehead atoms. The van der Waals surface area contributed by atoms with E-state index in [1.165, 1.54) is 0 Å². The van der Waals surface area contributed by atoms with Crippen LogP contribution in [0.1, 0.15) is 47.5 Å². The van der Waals surface area contributed by atoms with Crippen LogP contribution >= 0.6 is 0 Å². The second-order valence-electron chi connectivity index (χ2n) is 8.68. The number of rotatable bonds is 3. The van der Waals surface area contributed by atoms with E-state index in [2.05, 4.69) is 15.0 Å². The third kappa shape index (κ3) is 4.01. The molecule has 9 heteroatoms. The third-order valence-corrected chi connectivity index (χ3v) is 6.35. The van der Waals surface area contributed by atoms with Crippen molar-refractivity contribution in [1.29, 1.82) is 0 Å². The second kappa shape index (κ2) is 7.95. The van der Waals surface area contributed by atoms with Gasteiger partial charge in [0.1, 0.15) is 6.10 Å². The Bertz CT molecular complexity index is 1150. The van der Waals surface area contributed by atoms with Crippen molar-refractivity contribution in [2.75, 3.05) is 24.6 Å². The summed E-state index contributed by atoms with van der Waals surface area (Å²) in [6.45, 7) is 5.47. The van der Waals surface area contributed by atoms with E-state index in [-0.39, 0.29) is 24.9 Å². The molecule has 1 aliphatic carbocycles. The quantitative estimate of drug-likeness (QED) is 0.586. The van der Waals surface area contributed by atoms with Gasteiger partial charge in [0.05, 0.1) is 24.8 Å². The number of aryl methyl sites for hydroxylation is 2. The minimum atomic E-state index is -4.16. The summed E-state index contributed by atoms with van der Waals surface area (Å²) in [5.41, 5.74) is 3.95. The van der Waals surface area contributed by atoms with Gasteiger partial charge in [-0.05, 0) is 56.5 Å². The number of halogens is 3. The molecule has 1 atom stereocenters. The average Bonchev–Trinajstić information content (AvgIpc) is 2.71. The summed E-state index contributed by atoms with van der Waals surface area (Å²) in [6.07, 6.45) is -2.43. The van der Waals surface area contributed by atoms with E-state index in [1.54, 1.807) is 6.20 Å². The summed E-state index contributed by atoms with van der Waals surface area (Å²) in [6, 6.07) is 7.66. The van der Waals surface area contributed by atoms with Crippen molar-refractivity contribution in [2.45, 2.75) is 44.9 Å². The first-order chi connectivity index (χ1) is 15.3. The predicted octanol–water partition coefficient (Wildman–Crippen LogP) is 4.67. The first-order valence-corrected chi connectivity index (χ1v) is 10.8. The molecule has 1 aliphatic heterocycles. The van der Waals surface area contributed by atoms with Crippen molar-refractivity contribution in [2.24, 2.45) is 5.92 Å². The maximum Gasteiger partial charge on any atom is 0.391 e. The fraction of sp³-hybridized carbons (Fsp3) is 0.478. The van der Waals surface area contributed by atoms with Gasteiger partial charge in [0.25, 0.3) is 0 Å². The maximum absolute atomic E-state index is 13.1. The lowest BCUT2D eigenvalue weighted by molar-refractivity contribution is -0.197. The molecule has 6 nitrogen and oxygen atoms in total. The molecule has 2 fully saturated rings. The third-order valence-electron chi connectivity index (χ3n) is 6.35. The van der Waals surface area contributed by atoms with Gasteiger partial charge < -0.3 is 9.64 Å². The van der Waals surface area contributed by atoms with Gasteiger partial charge in [-0.1, -0.05) is 0 Å². The number of morpholine rings is 1. The Morgan fingerprint density at radius 1 is 1.03 bits per heavy atom. The molecule has 3 aromatic heterocycles. The number of fused-ring (bicyclic) bond motifs is 1. The smallest absolute Gasteiger partial charge is 0.370 e. The Labute approximate surface area is 183 Å². The van der Waals surface area contributed by atoms with E-state index in [0.717, 1.165) is 22.3 Å². The molecule has 5 rings (SSSR count). The molecule has 0 amide bonds. The van der Waals surface area contributed by atoms with Gasteiger partial charge >= 0.3 is 6.18 Å². The minimum absolute atomic E-state index is 0.0605. The van der Waals surface area contributed by atoms with E-state index in [1.807, 2.05) is 43.0 Å². The van der Waals surface area contributed by atoms with E-state index >= 15 is 0 Å². The van der Waals surface area contributed by atoms with Crippen LogP contribution in [0.2, 0.25) is 0 Å². The van der Waals surface area contributed by atoms with Gasteiger partial charge in [-0.15, -0.1) is 0 Å². The van der Waals surface area contributed by atoms with Crippen LogP contribution in [-0.4, -0.2) is 45.8 Å². The van der Waals surface area contributed by atoms with Crippen molar-refractivity contribution >= 4 is 17.0 Å². The molecule has 0 radical (unpaired) electrons. The molecule has 32 heavy (non-hydrogen) atoms. The Balaban J connectivity index is 1.47. The molecule has 4 heterocycles. The average molecular weight is 443 g/mol. The van der Waals surface area contributed by atoms with Crippen LogP contribution in [0.25, 0.3) is 11.0 Å². The molecule has 0 spiro atoms. The van der Waals surface area contributed by atoms with Crippen LogP contribution in [0.4, 0.5) is 19.1 Å². The zero-order valence-electron chi connectivity index (χ0n) is 17.9. The van der Waals surface area contributed by atoms with E-state index in [9.17, 15) is 13.2 Å². The number of alkyl halides is 3. The zero-order chi connectivity index (χ0) is 22.5. The molecule has 0 unspecified atom stereocenters. The number of aromatic nitrogens is 4. The molecular formula is C23H24F3N5O. The highest BCUT2D eigenvalue weighted by Gasteiger charge is 2.49. The zero-order valence-corrected chi connectivity index (χ0v) is 17.9. The lowest BCUT2D eigenvalue weighted by Gasteiger charge is -2.37. The number of anilines is 1. The Morgan fingerprint density at radius 3 is 2.59 bits per heavy atom. The molecule has 168 valence electrons. The number of nitrogens with zero attached hydrogens (tertiary/aromatic N) is 5. The Morgan fingerprint density at radius 2 is 1.84 bits per heavy atom. The summed E-state index contributed by atoms with van der Waals surface area (Å²) in [4.78, 5) is 20.3. The van der Waals surface area contributed by atoms with Gasteiger partial charge in [-0.3, -0.25) is 4.98 Å². The summed E-state index contributed by atoms with van der Waals surface area (Å²) in [7, 11) is 0. The predicted molar refractivity (Wildman–Crippen MR) is 113 cm³/mol. The lowest BCUT2D eigenvalue weighted by atomic mass is 9.72. The number of pyridine rings is 2. The second-order valence-corrected chi connectivity index (χ2v) is 8.68. The van der Waals surface area contributed by atoms with Gasteiger partial charge in [0, 0.05) is 35.4 Å². The van der Waals surface area contributed by atoms with Crippen LogP contribution in [0.3, 0.4) is 0 Å². The molecule has 3 aromatic rings. The highest BCUT2D eigenvalue weighted by Crippen LogP contribution is 2.50. The molecular weight excluding hydrogens is 419 g/mol. The van der Waals surface area contributed by atoms with E-state index in [4.69, 9.17) is 9.72 Å². The monoisotopic (exact) mass is 443 g/mol. The highest BCUT2D eigenvalue weighted by molar-refractivity contribution is 5.79. The van der Waals surface area contributed by atoms with E-state index < -0.39 is 12.1 Å². The SMILES string of the molecule is Cc1cc([C@H]2CN(c3nc(C4CC(C(F)(F)F)C4)c4ccc(C)nc4n3)CCO2)ccn1. The first-order valence-electron chi connectivity index (χ1n) is 10.8. The summed E-state index contributed by atoms with van der Waals surface area (Å²) < 4.78 is 45.2. The van der Waals surface area contributed by atoms with E-state index in [0.29, 0.717) is 37.0 Å². The molecule has 2 aliphatic rings. The first kappa shape index (κ1) is 21.1. The van der Waals surface area contributed by atoms with Crippen molar-refractivity contribution in [3.63, 3.8) is 0 Å². The largest absolute Gasteiger partial charge is 0.391 e. The van der Waals surface area contributed by atoms with Crippen LogP contribution in [0.15, 0.2) is 30.5 Å². The van der Waals surface area contributed by atoms with Crippen molar-refractivity contribution in [1.82, 2.24) is 19.9 Å². The van der Waals surface area contributed by atoms with Crippen molar-refractivity contribution in [3.05, 3.63) is 53.1 Å². The van der Waals surface area contributed by atoms with Gasteiger partial charge in [0.15, 0.2) is 5.65 Å². The number of hydrogen-bond donors (Lipinski definition) is 0. The Hall–Kier alpha value is -2.81. The fourth-order valence-corrected chi connectivity index (χ4v) is 4.48. The van der Waals surface area contributed by atoms with Crippen LogP contribution in [-0.2, 0) is 4.74 Å². The van der Waals surface area contributed by atoms with Gasteiger partial charge in [0.2, 0.25) is 5.95 Å². The Kier molecular flexibility index (Phi) is 5.23. The topological polar surface area (TPSA) is 64.0 Å². The standard InChI is InChI=1S/C23H24F3N5O/c1-13-3-4-18-20(16-10-17(11-16)23(24,25)26)29-22(30-21(18)28-13)31-7-8-32-19(12-31)15-5-6-27-14(2)9-15/h3-6,9,16-17,19H,7-8,10-12H2,1-2H3/t16?,17?,19-/m1/s1. The summed E-state index contributed by atoms with van der Waals surface area (Å²) in [5, 5.41) is 0.736. The summed E-state index contributed by atoms with van der Waals surface area (Å²) >= 11 is 0. The lowest BCUT2D eigenvalue weighted by Crippen LogP contribution is -2.40. The molecule has 1 saturated carbocycles.